The molecule has 3 heteroatoms. The molecule has 0 bridgehead atoms. The molecule has 1 unspecified atom stereocenters. The number of ketones is 2. The van der Waals surface area contributed by atoms with Gasteiger partial charge in [0.15, 0.2) is 11.5 Å². The summed E-state index contributed by atoms with van der Waals surface area (Å²) < 4.78 is 0. The predicted octanol–water partition coefficient (Wildman–Crippen LogP) is 2.82. The number of rotatable bonds is 1. The van der Waals surface area contributed by atoms with Crippen LogP contribution in [0.3, 0.4) is 0 Å². The van der Waals surface area contributed by atoms with Crippen LogP contribution >= 0.6 is 0 Å². The van der Waals surface area contributed by atoms with Gasteiger partial charge in [-0.3, -0.25) is 9.59 Å². The zero-order valence-electron chi connectivity index (χ0n) is 11.2. The summed E-state index contributed by atoms with van der Waals surface area (Å²) in [4.78, 5) is 24.2. The van der Waals surface area contributed by atoms with Crippen LogP contribution in [0.15, 0.2) is 24.0 Å². The molecule has 0 spiro atoms. The van der Waals surface area contributed by atoms with Crippen LogP contribution in [0, 0.1) is 23.2 Å². The second-order valence-corrected chi connectivity index (χ2v) is 5.98. The number of aliphatic hydroxyl groups is 1. The lowest BCUT2D eigenvalue weighted by molar-refractivity contribution is -0.138. The van der Waals surface area contributed by atoms with Gasteiger partial charge in [-0.15, -0.1) is 0 Å². The Labute approximate surface area is 108 Å². The molecule has 0 amide bonds. The molecule has 4 atom stereocenters. The Kier molecular flexibility index (Phi) is 2.96. The summed E-state index contributed by atoms with van der Waals surface area (Å²) in [5.41, 5.74) is 0.312. The molecule has 0 aliphatic heterocycles. The number of carbonyl (C=O) groups excluding carboxylic acids is 2. The van der Waals surface area contributed by atoms with Gasteiger partial charge in [0, 0.05) is 12.3 Å². The summed E-state index contributed by atoms with van der Waals surface area (Å²) in [7, 11) is 0. The van der Waals surface area contributed by atoms with Gasteiger partial charge in [-0.25, -0.2) is 0 Å². The summed E-state index contributed by atoms with van der Waals surface area (Å²) in [5.74, 6) is -0.539. The fourth-order valence-electron chi connectivity index (χ4n) is 3.34. The van der Waals surface area contributed by atoms with E-state index in [2.05, 4.69) is 6.58 Å². The van der Waals surface area contributed by atoms with E-state index in [9.17, 15) is 14.7 Å². The van der Waals surface area contributed by atoms with Crippen molar-refractivity contribution < 1.29 is 14.7 Å². The topological polar surface area (TPSA) is 54.4 Å². The fraction of sp³-hybridized carbons (Fsp3) is 0.600. The maximum atomic E-state index is 12.4. The van der Waals surface area contributed by atoms with Gasteiger partial charge in [0.25, 0.3) is 0 Å². The van der Waals surface area contributed by atoms with Crippen molar-refractivity contribution in [3.05, 3.63) is 24.0 Å². The Morgan fingerprint density at radius 2 is 2.11 bits per heavy atom. The highest BCUT2D eigenvalue weighted by molar-refractivity contribution is 6.00. The van der Waals surface area contributed by atoms with E-state index in [1.165, 1.54) is 6.08 Å². The van der Waals surface area contributed by atoms with Gasteiger partial charge in [-0.1, -0.05) is 19.1 Å². The maximum Gasteiger partial charge on any atom is 0.199 e. The minimum absolute atomic E-state index is 0.0242. The van der Waals surface area contributed by atoms with Crippen LogP contribution < -0.4 is 0 Å². The molecule has 0 aromatic rings. The molecule has 2 aliphatic rings. The highest BCUT2D eigenvalue weighted by Gasteiger charge is 2.52. The predicted molar refractivity (Wildman–Crippen MR) is 69.0 cm³/mol. The van der Waals surface area contributed by atoms with Gasteiger partial charge < -0.3 is 5.11 Å². The van der Waals surface area contributed by atoms with Crippen molar-refractivity contribution in [1.82, 2.24) is 0 Å². The number of hydrogen-bond donors (Lipinski definition) is 1. The van der Waals surface area contributed by atoms with Crippen LogP contribution in [-0.2, 0) is 9.59 Å². The average molecular weight is 248 g/mol. The van der Waals surface area contributed by atoms with E-state index >= 15 is 0 Å². The molecule has 0 heterocycles. The van der Waals surface area contributed by atoms with Gasteiger partial charge in [0.2, 0.25) is 0 Å². The first-order valence-electron chi connectivity index (χ1n) is 6.42. The molecule has 0 radical (unpaired) electrons. The molecule has 2 aliphatic carbocycles. The Balaban J connectivity index is 2.44. The Hall–Kier alpha value is -1.38. The van der Waals surface area contributed by atoms with Gasteiger partial charge in [0.05, 0.1) is 5.41 Å². The van der Waals surface area contributed by atoms with Crippen LogP contribution in [0.1, 0.15) is 33.6 Å². The van der Waals surface area contributed by atoms with Crippen molar-refractivity contribution in [1.29, 1.82) is 0 Å². The summed E-state index contributed by atoms with van der Waals surface area (Å²) in [6.45, 7) is 9.51. The summed E-state index contributed by atoms with van der Waals surface area (Å²) in [6, 6.07) is 0. The van der Waals surface area contributed by atoms with E-state index in [0.29, 0.717) is 6.42 Å². The highest BCUT2D eigenvalue weighted by atomic mass is 16.3. The average Bonchev–Trinajstić information content (AvgIpc) is 2.28. The second kappa shape index (κ2) is 4.08. The monoisotopic (exact) mass is 248 g/mol. The lowest BCUT2D eigenvalue weighted by Gasteiger charge is -2.46. The molecule has 1 N–H and O–H groups in total. The third kappa shape index (κ3) is 1.73. The largest absolute Gasteiger partial charge is 0.505 e. The minimum atomic E-state index is -0.691. The van der Waals surface area contributed by atoms with Crippen LogP contribution in [0.25, 0.3) is 0 Å². The molecule has 2 rings (SSSR count). The number of allylic oxidation sites excluding steroid dienone is 3. The molecular weight excluding hydrogens is 228 g/mol. The molecule has 0 aromatic heterocycles. The van der Waals surface area contributed by atoms with Gasteiger partial charge >= 0.3 is 0 Å². The second-order valence-electron chi connectivity index (χ2n) is 5.98. The van der Waals surface area contributed by atoms with Gasteiger partial charge in [-0.05, 0) is 38.2 Å². The van der Waals surface area contributed by atoms with Crippen LogP contribution in [0.2, 0.25) is 0 Å². The summed E-state index contributed by atoms with van der Waals surface area (Å²) >= 11 is 0. The normalized spacial score (nSPS) is 40.2. The van der Waals surface area contributed by atoms with Crippen molar-refractivity contribution in [3.63, 3.8) is 0 Å². The number of aliphatic hydroxyl groups excluding tert-OH is 1. The third-order valence-corrected chi connectivity index (χ3v) is 4.74. The highest BCUT2D eigenvalue weighted by Crippen LogP contribution is 2.50. The SMILES string of the molecule is C=C(C)[C@H]1CC(=O)[C@]2(C)C=C(O)C(=O)C(C)[C@@H]2C1. The molecule has 98 valence electrons. The number of hydrogen-bond acceptors (Lipinski definition) is 3. The molecule has 0 aromatic carbocycles. The molecule has 0 saturated heterocycles. The smallest absolute Gasteiger partial charge is 0.199 e. The van der Waals surface area contributed by atoms with Gasteiger partial charge in [0.1, 0.15) is 5.78 Å². The first-order chi connectivity index (χ1) is 8.27. The van der Waals surface area contributed by atoms with E-state index in [4.69, 9.17) is 0 Å². The number of fused-ring (bicyclic) bond motifs is 1. The van der Waals surface area contributed by atoms with Crippen molar-refractivity contribution in [3.8, 4) is 0 Å². The van der Waals surface area contributed by atoms with E-state index < -0.39 is 5.41 Å². The standard InChI is InChI=1S/C15H20O3/c1-8(2)10-5-11-9(3)14(18)12(16)7-15(11,4)13(17)6-10/h7,9-11,16H,1,5-6H2,2-4H3/t9?,10-,11+,15-/m1/s1. The summed E-state index contributed by atoms with van der Waals surface area (Å²) in [6.07, 6.45) is 2.73. The maximum absolute atomic E-state index is 12.4. The zero-order valence-corrected chi connectivity index (χ0v) is 11.2. The number of Topliss-reactive ketones (excluding diaryl/α,β-unsaturated/α-hetero) is 2. The van der Waals surface area contributed by atoms with Crippen molar-refractivity contribution in [2.75, 3.05) is 0 Å². The van der Waals surface area contributed by atoms with E-state index in [-0.39, 0.29) is 35.1 Å². The molecule has 18 heavy (non-hydrogen) atoms. The van der Waals surface area contributed by atoms with Gasteiger partial charge in [-0.2, -0.15) is 0 Å². The van der Waals surface area contributed by atoms with Crippen LogP contribution in [-0.4, -0.2) is 16.7 Å². The quantitative estimate of drug-likeness (QED) is 0.726. The lowest BCUT2D eigenvalue weighted by Crippen LogP contribution is -2.49. The molecule has 1 fully saturated rings. The first kappa shape index (κ1) is 13.1. The Morgan fingerprint density at radius 3 is 2.67 bits per heavy atom. The van der Waals surface area contributed by atoms with E-state index in [0.717, 1.165) is 12.0 Å². The number of carbonyl (C=O) groups is 2. The van der Waals surface area contributed by atoms with Crippen LogP contribution in [0.5, 0.6) is 0 Å². The Morgan fingerprint density at radius 1 is 1.50 bits per heavy atom. The minimum Gasteiger partial charge on any atom is -0.505 e. The first-order valence-corrected chi connectivity index (χ1v) is 6.42. The molecule has 1 saturated carbocycles. The van der Waals surface area contributed by atoms with Crippen molar-refractivity contribution in [2.45, 2.75) is 33.6 Å². The molecule has 3 nitrogen and oxygen atoms in total. The van der Waals surface area contributed by atoms with E-state index in [1.807, 2.05) is 20.8 Å². The Bertz CT molecular complexity index is 460. The zero-order chi connectivity index (χ0) is 13.7. The lowest BCUT2D eigenvalue weighted by atomic mass is 9.56. The molecular formula is C15H20O3. The van der Waals surface area contributed by atoms with Crippen LogP contribution in [0.4, 0.5) is 0 Å². The summed E-state index contributed by atoms with van der Waals surface area (Å²) in [5, 5.41) is 9.69. The third-order valence-electron chi connectivity index (χ3n) is 4.74. The van der Waals surface area contributed by atoms with E-state index in [1.54, 1.807) is 0 Å². The van der Waals surface area contributed by atoms with Crippen molar-refractivity contribution >= 4 is 11.6 Å². The van der Waals surface area contributed by atoms with Crippen molar-refractivity contribution in [2.24, 2.45) is 23.2 Å². The fourth-order valence-corrected chi connectivity index (χ4v) is 3.34.